The third kappa shape index (κ3) is 4.59. The molecular formula is C18H24N4O3S. The minimum Gasteiger partial charge on any atom is -0.348 e. The Morgan fingerprint density at radius 2 is 1.77 bits per heavy atom. The van der Waals surface area contributed by atoms with Crippen LogP contribution in [-0.2, 0) is 15.0 Å². The van der Waals surface area contributed by atoms with E-state index in [-0.39, 0.29) is 18.5 Å². The lowest BCUT2D eigenvalue weighted by molar-refractivity contribution is -0.123. The van der Waals surface area contributed by atoms with Crippen LogP contribution in [0.4, 0.5) is 0 Å². The van der Waals surface area contributed by atoms with E-state index in [0.717, 1.165) is 10.9 Å². The summed E-state index contributed by atoms with van der Waals surface area (Å²) in [5.41, 5.74) is 1.05. The van der Waals surface area contributed by atoms with Gasteiger partial charge in [0.25, 0.3) is 10.2 Å². The number of hydrogen-bond acceptors (Lipinski definition) is 4. The topological polar surface area (TPSA) is 95.7 Å². The first-order valence-corrected chi connectivity index (χ1v) is 10.1. The maximum absolute atomic E-state index is 12.3. The van der Waals surface area contributed by atoms with E-state index in [1.54, 1.807) is 0 Å². The first kappa shape index (κ1) is 18.8. The lowest BCUT2D eigenvalue weighted by Gasteiger charge is -2.32. The molecule has 3 rings (SSSR count). The Hall–Kier alpha value is -2.00. The number of carbonyl (C=O) groups excluding carboxylic acids is 1. The van der Waals surface area contributed by atoms with Gasteiger partial charge in [-0.15, -0.1) is 0 Å². The number of nitrogens with two attached hydrogens (primary N) is 1. The molecule has 2 aromatic rings. The summed E-state index contributed by atoms with van der Waals surface area (Å²) < 4.78 is 23.9. The van der Waals surface area contributed by atoms with Crippen molar-refractivity contribution >= 4 is 26.9 Å². The van der Waals surface area contributed by atoms with Crippen LogP contribution < -0.4 is 10.5 Å². The smallest absolute Gasteiger partial charge is 0.276 e. The number of nitrogens with zero attached hydrogens (tertiary/aromatic N) is 2. The molecule has 0 aliphatic carbocycles. The molecule has 1 saturated heterocycles. The zero-order valence-corrected chi connectivity index (χ0v) is 15.6. The maximum Gasteiger partial charge on any atom is 0.276 e. The average Bonchev–Trinajstić information content (AvgIpc) is 2.61. The Balaban J connectivity index is 1.54. The van der Waals surface area contributed by atoms with Gasteiger partial charge < -0.3 is 5.32 Å². The van der Waals surface area contributed by atoms with Crippen LogP contribution in [0.1, 0.15) is 18.5 Å². The minimum absolute atomic E-state index is 0.0743. The van der Waals surface area contributed by atoms with E-state index >= 15 is 0 Å². The second-order valence-corrected chi connectivity index (χ2v) is 8.16. The third-order valence-corrected chi connectivity index (χ3v) is 5.79. The molecule has 0 aromatic heterocycles. The lowest BCUT2D eigenvalue weighted by Crippen LogP contribution is -2.52. The zero-order valence-electron chi connectivity index (χ0n) is 14.8. The summed E-state index contributed by atoms with van der Waals surface area (Å²) in [6.45, 7) is 3.82. The molecule has 0 radical (unpaired) electrons. The van der Waals surface area contributed by atoms with Crippen LogP contribution >= 0.6 is 0 Å². The van der Waals surface area contributed by atoms with Gasteiger partial charge in [0.15, 0.2) is 0 Å². The molecule has 0 saturated carbocycles. The first-order chi connectivity index (χ1) is 12.3. The Morgan fingerprint density at radius 1 is 1.12 bits per heavy atom. The van der Waals surface area contributed by atoms with E-state index in [1.165, 1.54) is 9.69 Å². The molecule has 0 spiro atoms. The Bertz CT molecular complexity index is 892. The molecule has 26 heavy (non-hydrogen) atoms. The molecule has 1 aliphatic rings. The largest absolute Gasteiger partial charge is 0.348 e. The van der Waals surface area contributed by atoms with Gasteiger partial charge in [-0.1, -0.05) is 36.4 Å². The molecule has 0 bridgehead atoms. The molecule has 7 nitrogen and oxygen atoms in total. The average molecular weight is 376 g/mol. The van der Waals surface area contributed by atoms with Crippen molar-refractivity contribution < 1.29 is 13.2 Å². The number of amides is 1. The van der Waals surface area contributed by atoms with Gasteiger partial charge in [0.2, 0.25) is 5.91 Å². The lowest BCUT2D eigenvalue weighted by atomic mass is 10.0. The summed E-state index contributed by atoms with van der Waals surface area (Å²) in [4.78, 5) is 14.3. The summed E-state index contributed by atoms with van der Waals surface area (Å²) in [6.07, 6.45) is 0. The third-order valence-electron chi connectivity index (χ3n) is 4.71. The normalized spacial score (nSPS) is 17.9. The van der Waals surface area contributed by atoms with Crippen molar-refractivity contribution in [2.75, 3.05) is 32.7 Å². The molecule has 1 aliphatic heterocycles. The van der Waals surface area contributed by atoms with Crippen LogP contribution in [-0.4, -0.2) is 56.3 Å². The molecule has 1 unspecified atom stereocenters. The molecule has 140 valence electrons. The van der Waals surface area contributed by atoms with Crippen LogP contribution in [0, 0.1) is 0 Å². The Labute approximate surface area is 153 Å². The van der Waals surface area contributed by atoms with Gasteiger partial charge in [0.05, 0.1) is 12.6 Å². The summed E-state index contributed by atoms with van der Waals surface area (Å²) >= 11 is 0. The number of rotatable bonds is 5. The van der Waals surface area contributed by atoms with Crippen molar-refractivity contribution in [1.29, 1.82) is 0 Å². The summed E-state index contributed by atoms with van der Waals surface area (Å²) in [5.74, 6) is -0.0743. The number of hydrogen-bond donors (Lipinski definition) is 2. The van der Waals surface area contributed by atoms with Gasteiger partial charge in [0, 0.05) is 26.2 Å². The van der Waals surface area contributed by atoms with Crippen LogP contribution in [0.25, 0.3) is 10.8 Å². The number of piperazine rings is 1. The van der Waals surface area contributed by atoms with Gasteiger partial charge >= 0.3 is 0 Å². The molecule has 3 N–H and O–H groups in total. The maximum atomic E-state index is 12.3. The van der Waals surface area contributed by atoms with Crippen molar-refractivity contribution in [3.63, 3.8) is 0 Å². The van der Waals surface area contributed by atoms with E-state index in [4.69, 9.17) is 5.14 Å². The Kier molecular flexibility index (Phi) is 5.57. The fraction of sp³-hybridized carbons (Fsp3) is 0.389. The highest BCUT2D eigenvalue weighted by Crippen LogP contribution is 2.20. The summed E-state index contributed by atoms with van der Waals surface area (Å²) in [6, 6.07) is 14.2. The number of fused-ring (bicyclic) bond motifs is 1. The molecular weight excluding hydrogens is 352 g/mol. The predicted molar refractivity (Wildman–Crippen MR) is 102 cm³/mol. The molecule has 1 amide bonds. The SMILES string of the molecule is CC(NC(=O)CN1CCN(S(N)(=O)=O)CC1)c1ccc2ccccc2c1. The van der Waals surface area contributed by atoms with Gasteiger partial charge in [-0.25, -0.2) is 5.14 Å². The molecule has 1 atom stereocenters. The first-order valence-electron chi connectivity index (χ1n) is 8.61. The van der Waals surface area contributed by atoms with Crippen LogP contribution in [0.5, 0.6) is 0 Å². The highest BCUT2D eigenvalue weighted by molar-refractivity contribution is 7.86. The van der Waals surface area contributed by atoms with Crippen LogP contribution in [0.3, 0.4) is 0 Å². The van der Waals surface area contributed by atoms with Gasteiger partial charge in [-0.2, -0.15) is 12.7 Å². The van der Waals surface area contributed by atoms with Gasteiger partial charge in [-0.3, -0.25) is 9.69 Å². The van der Waals surface area contributed by atoms with Crippen molar-refractivity contribution in [3.8, 4) is 0 Å². The van der Waals surface area contributed by atoms with Gasteiger partial charge in [0.1, 0.15) is 0 Å². The molecule has 2 aromatic carbocycles. The quantitative estimate of drug-likeness (QED) is 0.808. The zero-order chi connectivity index (χ0) is 18.7. The van der Waals surface area contributed by atoms with Crippen molar-refractivity contribution in [2.24, 2.45) is 5.14 Å². The predicted octanol–water partition coefficient (Wildman–Crippen LogP) is 0.838. The van der Waals surface area contributed by atoms with E-state index in [0.29, 0.717) is 26.2 Å². The highest BCUT2D eigenvalue weighted by atomic mass is 32.2. The number of carbonyl (C=O) groups is 1. The van der Waals surface area contributed by atoms with Crippen LogP contribution in [0.15, 0.2) is 42.5 Å². The molecule has 1 fully saturated rings. The summed E-state index contributed by atoms with van der Waals surface area (Å²) in [7, 11) is -3.64. The second kappa shape index (κ2) is 7.71. The minimum atomic E-state index is -3.64. The fourth-order valence-corrected chi connectivity index (χ4v) is 3.87. The monoisotopic (exact) mass is 376 g/mol. The number of benzene rings is 2. The fourth-order valence-electron chi connectivity index (χ4n) is 3.19. The van der Waals surface area contributed by atoms with E-state index in [1.807, 2.05) is 30.0 Å². The molecule has 8 heteroatoms. The van der Waals surface area contributed by atoms with E-state index in [2.05, 4.69) is 29.6 Å². The Morgan fingerprint density at radius 3 is 2.42 bits per heavy atom. The van der Waals surface area contributed by atoms with Gasteiger partial charge in [-0.05, 0) is 29.3 Å². The van der Waals surface area contributed by atoms with Crippen LogP contribution in [0.2, 0.25) is 0 Å². The van der Waals surface area contributed by atoms with Crippen molar-refractivity contribution in [1.82, 2.24) is 14.5 Å². The highest BCUT2D eigenvalue weighted by Gasteiger charge is 2.25. The van der Waals surface area contributed by atoms with E-state index in [9.17, 15) is 13.2 Å². The number of nitrogens with one attached hydrogen (secondary N) is 1. The second-order valence-electron chi connectivity index (χ2n) is 6.62. The summed E-state index contributed by atoms with van der Waals surface area (Å²) in [5, 5.41) is 10.5. The van der Waals surface area contributed by atoms with Crippen molar-refractivity contribution in [3.05, 3.63) is 48.0 Å². The van der Waals surface area contributed by atoms with Crippen molar-refractivity contribution in [2.45, 2.75) is 13.0 Å². The molecule has 1 heterocycles. The standard InChI is InChI=1S/C18H24N4O3S/c1-14(16-7-6-15-4-2-3-5-17(15)12-16)20-18(23)13-21-8-10-22(11-9-21)26(19,24)25/h2-7,12,14H,8-11,13H2,1H3,(H,20,23)(H2,19,24,25). The van der Waals surface area contributed by atoms with E-state index < -0.39 is 10.2 Å².